The van der Waals surface area contributed by atoms with Crippen molar-refractivity contribution in [3.63, 3.8) is 0 Å². The number of hydrogen-bond acceptors (Lipinski definition) is 3. The summed E-state index contributed by atoms with van der Waals surface area (Å²) < 4.78 is 0. The minimum absolute atomic E-state index is 0.222. The molecule has 0 heterocycles. The van der Waals surface area contributed by atoms with E-state index < -0.39 is 0 Å². The second kappa shape index (κ2) is 7.73. The zero-order valence-electron chi connectivity index (χ0n) is 16.7. The molecule has 0 fully saturated rings. The zero-order valence-corrected chi connectivity index (χ0v) is 17.5. The number of rotatable bonds is 3. The largest absolute Gasteiger partial charge is 0.507 e. The van der Waals surface area contributed by atoms with E-state index in [1.807, 2.05) is 12.1 Å². The number of carbonyl (C=O) groups excluding carboxylic acids is 1. The van der Waals surface area contributed by atoms with Crippen molar-refractivity contribution >= 4 is 23.7 Å². The van der Waals surface area contributed by atoms with E-state index in [-0.39, 0.29) is 16.7 Å². The van der Waals surface area contributed by atoms with Crippen LogP contribution in [0.1, 0.15) is 68.6 Å². The predicted octanol–water partition coefficient (Wildman–Crippen LogP) is 5.40. The molecule has 0 radical (unpaired) electrons. The number of phenols is 1. The molecule has 0 aliphatic rings. The molecule has 2 rings (SSSR count). The molecule has 4 nitrogen and oxygen atoms in total. The van der Waals surface area contributed by atoms with Gasteiger partial charge in [-0.25, -0.2) is 5.43 Å². The Morgan fingerprint density at radius 1 is 1.00 bits per heavy atom. The lowest BCUT2D eigenvalue weighted by molar-refractivity contribution is 0.0955. The van der Waals surface area contributed by atoms with E-state index in [1.165, 1.54) is 0 Å². The van der Waals surface area contributed by atoms with E-state index in [1.54, 1.807) is 30.5 Å². The molecule has 1 amide bonds. The fraction of sp³-hybridized carbons (Fsp3) is 0.364. The highest BCUT2D eigenvalue weighted by atomic mass is 35.5. The molecular formula is C22H27ClN2O2. The van der Waals surface area contributed by atoms with Crippen LogP contribution in [0.25, 0.3) is 0 Å². The Balaban J connectivity index is 2.31. The van der Waals surface area contributed by atoms with Gasteiger partial charge >= 0.3 is 0 Å². The van der Waals surface area contributed by atoms with Crippen molar-refractivity contribution in [3.8, 4) is 5.75 Å². The van der Waals surface area contributed by atoms with Crippen LogP contribution in [-0.2, 0) is 10.8 Å². The maximum atomic E-state index is 12.1. The van der Waals surface area contributed by atoms with Crippen LogP contribution in [0.5, 0.6) is 5.75 Å². The molecular weight excluding hydrogens is 360 g/mol. The van der Waals surface area contributed by atoms with Crippen molar-refractivity contribution in [1.29, 1.82) is 0 Å². The number of benzene rings is 2. The number of aromatic hydroxyl groups is 1. The lowest BCUT2D eigenvalue weighted by atomic mass is 9.78. The maximum Gasteiger partial charge on any atom is 0.271 e. The second-order valence-electron chi connectivity index (χ2n) is 8.67. The van der Waals surface area contributed by atoms with Crippen molar-refractivity contribution in [2.75, 3.05) is 0 Å². The van der Waals surface area contributed by atoms with Crippen LogP contribution in [0.15, 0.2) is 41.5 Å². The Kier molecular flexibility index (Phi) is 6.01. The van der Waals surface area contributed by atoms with Gasteiger partial charge in [0.05, 0.1) is 6.21 Å². The molecule has 2 N–H and O–H groups in total. The van der Waals surface area contributed by atoms with Gasteiger partial charge in [-0.2, -0.15) is 5.10 Å². The summed E-state index contributed by atoms with van der Waals surface area (Å²) >= 11 is 5.83. The number of halogens is 1. The van der Waals surface area contributed by atoms with Crippen LogP contribution >= 0.6 is 11.6 Å². The first kappa shape index (κ1) is 21.0. The SMILES string of the molecule is CC(C)(C)c1cc(/C=N/NC(=O)c2ccc(Cl)cc2)cc(C(C)(C)C)c1O. The molecule has 27 heavy (non-hydrogen) atoms. The molecule has 0 unspecified atom stereocenters. The normalized spacial score (nSPS) is 12.4. The van der Waals surface area contributed by atoms with E-state index in [9.17, 15) is 9.90 Å². The van der Waals surface area contributed by atoms with E-state index in [2.05, 4.69) is 52.1 Å². The van der Waals surface area contributed by atoms with Gasteiger partial charge in [-0.05, 0) is 52.8 Å². The van der Waals surface area contributed by atoms with Crippen molar-refractivity contribution in [1.82, 2.24) is 5.43 Å². The molecule has 0 saturated heterocycles. The van der Waals surface area contributed by atoms with Crippen LogP contribution in [0.2, 0.25) is 5.02 Å². The molecule has 0 aliphatic carbocycles. The van der Waals surface area contributed by atoms with Crippen molar-refractivity contribution in [2.45, 2.75) is 52.4 Å². The zero-order chi connectivity index (χ0) is 20.4. The van der Waals surface area contributed by atoms with E-state index >= 15 is 0 Å². The molecule has 0 aromatic heterocycles. The molecule has 144 valence electrons. The Morgan fingerprint density at radius 3 is 1.93 bits per heavy atom. The van der Waals surface area contributed by atoms with Crippen molar-refractivity contribution < 1.29 is 9.90 Å². The fourth-order valence-corrected chi connectivity index (χ4v) is 2.83. The topological polar surface area (TPSA) is 61.7 Å². The monoisotopic (exact) mass is 386 g/mol. The van der Waals surface area contributed by atoms with E-state index in [0.29, 0.717) is 16.3 Å². The first-order valence-electron chi connectivity index (χ1n) is 8.86. The summed E-state index contributed by atoms with van der Waals surface area (Å²) in [5.74, 6) is 0.00568. The molecule has 0 aliphatic heterocycles. The van der Waals surface area contributed by atoms with Gasteiger partial charge in [0.25, 0.3) is 5.91 Å². The molecule has 2 aromatic rings. The van der Waals surface area contributed by atoms with Gasteiger partial charge in [0.2, 0.25) is 0 Å². The lowest BCUT2D eigenvalue weighted by Crippen LogP contribution is -2.19. The number of phenolic OH excluding ortho intramolecular Hbond substituents is 1. The second-order valence-corrected chi connectivity index (χ2v) is 9.11. The Bertz CT molecular complexity index is 822. The number of carbonyl (C=O) groups is 1. The molecule has 0 saturated carbocycles. The third-order valence-corrected chi connectivity index (χ3v) is 4.49. The summed E-state index contributed by atoms with van der Waals surface area (Å²) in [4.78, 5) is 12.1. The summed E-state index contributed by atoms with van der Waals surface area (Å²) in [6.45, 7) is 12.3. The van der Waals surface area contributed by atoms with Gasteiger partial charge in [0, 0.05) is 21.7 Å². The summed E-state index contributed by atoms with van der Waals surface area (Å²) in [5.41, 5.74) is 5.07. The van der Waals surface area contributed by atoms with Gasteiger partial charge in [-0.3, -0.25) is 4.79 Å². The average molecular weight is 387 g/mol. The van der Waals surface area contributed by atoms with Crippen LogP contribution in [0, 0.1) is 0 Å². The van der Waals surface area contributed by atoms with Gasteiger partial charge in [-0.15, -0.1) is 0 Å². The first-order chi connectivity index (χ1) is 12.4. The minimum atomic E-state index is -0.311. The van der Waals surface area contributed by atoms with Crippen LogP contribution in [0.4, 0.5) is 0 Å². The summed E-state index contributed by atoms with van der Waals surface area (Å²) in [7, 11) is 0. The standard InChI is InChI=1S/C22H27ClN2O2/c1-21(2,3)17-11-14(12-18(19(17)26)22(4,5)6)13-24-25-20(27)15-7-9-16(23)10-8-15/h7-13,26H,1-6H3,(H,25,27)/b24-13+. The van der Waals surface area contributed by atoms with Crippen LogP contribution in [0.3, 0.4) is 0 Å². The van der Waals surface area contributed by atoms with Crippen molar-refractivity contribution in [2.24, 2.45) is 5.10 Å². The fourth-order valence-electron chi connectivity index (χ4n) is 2.71. The summed E-state index contributed by atoms with van der Waals surface area (Å²) in [6.07, 6.45) is 1.59. The Labute approximate surface area is 166 Å². The molecule has 0 atom stereocenters. The van der Waals surface area contributed by atoms with Crippen LogP contribution in [-0.4, -0.2) is 17.2 Å². The number of hydrogen-bond donors (Lipinski definition) is 2. The molecule has 0 spiro atoms. The van der Waals surface area contributed by atoms with E-state index in [4.69, 9.17) is 11.6 Å². The lowest BCUT2D eigenvalue weighted by Gasteiger charge is -2.27. The van der Waals surface area contributed by atoms with Gasteiger partial charge in [0.1, 0.15) is 5.75 Å². The highest BCUT2D eigenvalue weighted by Crippen LogP contribution is 2.39. The number of nitrogens with zero attached hydrogens (tertiary/aromatic N) is 1. The van der Waals surface area contributed by atoms with Crippen LogP contribution < -0.4 is 5.43 Å². The third-order valence-electron chi connectivity index (χ3n) is 4.23. The smallest absolute Gasteiger partial charge is 0.271 e. The minimum Gasteiger partial charge on any atom is -0.507 e. The highest BCUT2D eigenvalue weighted by molar-refractivity contribution is 6.30. The quantitative estimate of drug-likeness (QED) is 0.547. The van der Waals surface area contributed by atoms with E-state index in [0.717, 1.165) is 16.7 Å². The number of hydrazone groups is 1. The number of nitrogens with one attached hydrogen (secondary N) is 1. The Hall–Kier alpha value is -2.33. The van der Waals surface area contributed by atoms with Gasteiger partial charge in [-0.1, -0.05) is 53.1 Å². The third kappa shape index (κ3) is 5.33. The van der Waals surface area contributed by atoms with Gasteiger partial charge in [0.15, 0.2) is 0 Å². The first-order valence-corrected chi connectivity index (χ1v) is 9.24. The molecule has 2 aromatic carbocycles. The molecule has 5 heteroatoms. The summed E-state index contributed by atoms with van der Waals surface area (Å²) in [5, 5.41) is 15.4. The summed E-state index contributed by atoms with van der Waals surface area (Å²) in [6, 6.07) is 10.4. The number of amides is 1. The van der Waals surface area contributed by atoms with Gasteiger partial charge < -0.3 is 5.11 Å². The maximum absolute atomic E-state index is 12.1. The predicted molar refractivity (Wildman–Crippen MR) is 112 cm³/mol. The van der Waals surface area contributed by atoms with Crippen molar-refractivity contribution in [3.05, 3.63) is 63.7 Å². The Morgan fingerprint density at radius 2 is 1.48 bits per heavy atom. The average Bonchev–Trinajstić information content (AvgIpc) is 2.54. The molecule has 0 bridgehead atoms. The highest BCUT2D eigenvalue weighted by Gasteiger charge is 2.26.